The predicted molar refractivity (Wildman–Crippen MR) is 66.5 cm³/mol. The molecule has 2 atom stereocenters. The summed E-state index contributed by atoms with van der Waals surface area (Å²) >= 11 is 0. The fourth-order valence-corrected chi connectivity index (χ4v) is 2.41. The highest BCUT2D eigenvalue weighted by atomic mass is 16.1. The van der Waals surface area contributed by atoms with Crippen molar-refractivity contribution in [2.24, 2.45) is 5.92 Å². The lowest BCUT2D eigenvalue weighted by Crippen LogP contribution is -2.22. The van der Waals surface area contributed by atoms with Crippen molar-refractivity contribution in [3.8, 4) is 0 Å². The summed E-state index contributed by atoms with van der Waals surface area (Å²) in [4.78, 5) is 12.0. The number of aryl methyl sites for hydroxylation is 1. The molecule has 0 bridgehead atoms. The number of ketones is 1. The smallest absolute Gasteiger partial charge is 0.144 e. The van der Waals surface area contributed by atoms with Gasteiger partial charge in [-0.15, -0.1) is 0 Å². The fourth-order valence-electron chi connectivity index (χ4n) is 2.41. The van der Waals surface area contributed by atoms with E-state index < -0.39 is 0 Å². The van der Waals surface area contributed by atoms with Crippen LogP contribution in [0.1, 0.15) is 36.8 Å². The normalized spacial score (nSPS) is 24.8. The Labute approximate surface area is 97.2 Å². The summed E-state index contributed by atoms with van der Waals surface area (Å²) in [6.07, 6.45) is 5.84. The zero-order chi connectivity index (χ0) is 11.5. The highest BCUT2D eigenvalue weighted by Crippen LogP contribution is 2.33. The van der Waals surface area contributed by atoms with Crippen LogP contribution in [0.5, 0.6) is 0 Å². The van der Waals surface area contributed by atoms with Gasteiger partial charge in [-0.3, -0.25) is 4.79 Å². The number of Topliss-reactive ketones (excluding diaryl/α,β-unsaturated/α-hetero) is 1. The first kappa shape index (κ1) is 11.1. The largest absolute Gasteiger partial charge is 0.299 e. The molecule has 0 aliphatic heterocycles. The van der Waals surface area contributed by atoms with Crippen molar-refractivity contribution in [1.82, 2.24) is 0 Å². The Bertz CT molecular complexity index is 400. The van der Waals surface area contributed by atoms with E-state index in [-0.39, 0.29) is 5.92 Å². The van der Waals surface area contributed by atoms with E-state index in [0.29, 0.717) is 18.1 Å². The summed E-state index contributed by atoms with van der Waals surface area (Å²) < 4.78 is 0. The van der Waals surface area contributed by atoms with E-state index >= 15 is 0 Å². The topological polar surface area (TPSA) is 17.1 Å². The van der Waals surface area contributed by atoms with Crippen LogP contribution in [0.15, 0.2) is 36.4 Å². The molecule has 0 amide bonds. The average molecular weight is 214 g/mol. The van der Waals surface area contributed by atoms with Crippen molar-refractivity contribution in [3.05, 3.63) is 47.5 Å². The lowest BCUT2D eigenvalue weighted by molar-refractivity contribution is -0.120. The first-order valence-corrected chi connectivity index (χ1v) is 5.98. The molecule has 0 N–H and O–H groups in total. The number of carbonyl (C=O) groups is 1. The first-order chi connectivity index (χ1) is 7.72. The number of allylic oxidation sites excluding steroid dienone is 2. The van der Waals surface area contributed by atoms with E-state index in [1.54, 1.807) is 0 Å². The fraction of sp³-hybridized carbons (Fsp3) is 0.400. The van der Waals surface area contributed by atoms with Gasteiger partial charge in [0.25, 0.3) is 0 Å². The minimum Gasteiger partial charge on any atom is -0.299 e. The zero-order valence-corrected chi connectivity index (χ0v) is 9.94. The van der Waals surface area contributed by atoms with Crippen molar-refractivity contribution in [2.45, 2.75) is 32.6 Å². The molecule has 84 valence electrons. The van der Waals surface area contributed by atoms with Gasteiger partial charge in [0.1, 0.15) is 5.78 Å². The van der Waals surface area contributed by atoms with Gasteiger partial charge in [0.15, 0.2) is 0 Å². The van der Waals surface area contributed by atoms with Crippen LogP contribution in [0, 0.1) is 12.8 Å². The summed E-state index contributed by atoms with van der Waals surface area (Å²) in [5, 5.41) is 0. The highest BCUT2D eigenvalue weighted by Gasteiger charge is 2.28. The molecule has 1 nitrogen and oxygen atoms in total. The Hall–Kier alpha value is -1.37. The van der Waals surface area contributed by atoms with Crippen LogP contribution in [0.2, 0.25) is 0 Å². The Morgan fingerprint density at radius 1 is 1.25 bits per heavy atom. The molecule has 1 aromatic rings. The van der Waals surface area contributed by atoms with Crippen molar-refractivity contribution in [1.29, 1.82) is 0 Å². The highest BCUT2D eigenvalue weighted by molar-refractivity contribution is 5.88. The number of carbonyl (C=O) groups excluding carboxylic acids is 1. The molecule has 0 saturated heterocycles. The molecule has 0 fully saturated rings. The standard InChI is InChI=1S/C15H18O/c1-3-12-5-4-6-14(16)15(12)13-9-7-11(2)8-10-13/h4-5,7-10,12,15H,3,6H2,1-2H3/t12-,15?/m1/s1. The van der Waals surface area contributed by atoms with Crippen molar-refractivity contribution >= 4 is 5.78 Å². The van der Waals surface area contributed by atoms with Crippen molar-refractivity contribution < 1.29 is 4.79 Å². The Balaban J connectivity index is 2.33. The second-order valence-corrected chi connectivity index (χ2v) is 4.56. The maximum atomic E-state index is 12.0. The summed E-state index contributed by atoms with van der Waals surface area (Å²) in [6, 6.07) is 8.38. The van der Waals surface area contributed by atoms with E-state index in [4.69, 9.17) is 0 Å². The molecule has 0 heterocycles. The van der Waals surface area contributed by atoms with Crippen molar-refractivity contribution in [3.63, 3.8) is 0 Å². The molecular weight excluding hydrogens is 196 g/mol. The quantitative estimate of drug-likeness (QED) is 0.687. The average Bonchev–Trinajstić information content (AvgIpc) is 2.30. The number of benzene rings is 1. The van der Waals surface area contributed by atoms with Crippen molar-refractivity contribution in [2.75, 3.05) is 0 Å². The van der Waals surface area contributed by atoms with Crippen LogP contribution >= 0.6 is 0 Å². The van der Waals surface area contributed by atoms with Gasteiger partial charge < -0.3 is 0 Å². The maximum Gasteiger partial charge on any atom is 0.144 e. The van der Waals surface area contributed by atoms with E-state index in [9.17, 15) is 4.79 Å². The maximum absolute atomic E-state index is 12.0. The first-order valence-electron chi connectivity index (χ1n) is 5.98. The molecule has 0 spiro atoms. The molecule has 1 unspecified atom stereocenters. The van der Waals surface area contributed by atoms with Gasteiger partial charge in [-0.05, 0) is 24.8 Å². The molecule has 1 aliphatic carbocycles. The molecule has 1 heteroatoms. The Morgan fingerprint density at radius 3 is 2.56 bits per heavy atom. The third-order valence-electron chi connectivity index (χ3n) is 3.39. The molecule has 0 aromatic heterocycles. The van der Waals surface area contributed by atoms with Gasteiger partial charge >= 0.3 is 0 Å². The Morgan fingerprint density at radius 2 is 1.94 bits per heavy atom. The van der Waals surface area contributed by atoms with Crippen LogP contribution < -0.4 is 0 Å². The summed E-state index contributed by atoms with van der Waals surface area (Å²) in [7, 11) is 0. The van der Waals surface area contributed by atoms with Gasteiger partial charge in [-0.2, -0.15) is 0 Å². The minimum absolute atomic E-state index is 0.0793. The van der Waals surface area contributed by atoms with Gasteiger partial charge in [-0.1, -0.05) is 48.9 Å². The number of hydrogen-bond donors (Lipinski definition) is 0. The molecule has 16 heavy (non-hydrogen) atoms. The van der Waals surface area contributed by atoms with Gasteiger partial charge in [-0.25, -0.2) is 0 Å². The number of hydrogen-bond acceptors (Lipinski definition) is 1. The second-order valence-electron chi connectivity index (χ2n) is 4.56. The SMILES string of the molecule is CC[C@@H]1C=CCC(=O)C1c1ccc(C)cc1. The summed E-state index contributed by atoms with van der Waals surface area (Å²) in [5.74, 6) is 0.817. The molecule has 0 saturated carbocycles. The minimum atomic E-state index is 0.0793. The van der Waals surface area contributed by atoms with E-state index in [1.165, 1.54) is 11.1 Å². The van der Waals surface area contributed by atoms with Crippen LogP contribution in [-0.4, -0.2) is 5.78 Å². The van der Waals surface area contributed by atoms with E-state index in [1.807, 2.05) is 6.08 Å². The molecule has 1 aliphatic rings. The lowest BCUT2D eigenvalue weighted by Gasteiger charge is -2.26. The second kappa shape index (κ2) is 4.65. The summed E-state index contributed by atoms with van der Waals surface area (Å²) in [6.45, 7) is 4.22. The molecule has 2 rings (SSSR count). The monoisotopic (exact) mass is 214 g/mol. The zero-order valence-electron chi connectivity index (χ0n) is 9.94. The van der Waals surface area contributed by atoms with Crippen LogP contribution in [0.3, 0.4) is 0 Å². The summed E-state index contributed by atoms with van der Waals surface area (Å²) in [5.41, 5.74) is 2.42. The third-order valence-corrected chi connectivity index (χ3v) is 3.39. The van der Waals surface area contributed by atoms with E-state index in [0.717, 1.165) is 6.42 Å². The van der Waals surface area contributed by atoms with Crippen LogP contribution in [-0.2, 0) is 4.79 Å². The number of rotatable bonds is 2. The van der Waals surface area contributed by atoms with Crippen LogP contribution in [0.25, 0.3) is 0 Å². The van der Waals surface area contributed by atoms with Crippen LogP contribution in [0.4, 0.5) is 0 Å². The van der Waals surface area contributed by atoms with E-state index in [2.05, 4.69) is 44.2 Å². The van der Waals surface area contributed by atoms with Gasteiger partial charge in [0.05, 0.1) is 0 Å². The third kappa shape index (κ3) is 2.08. The lowest BCUT2D eigenvalue weighted by atomic mass is 9.77. The van der Waals surface area contributed by atoms with Gasteiger partial charge in [0, 0.05) is 12.3 Å². The molecule has 0 radical (unpaired) electrons. The van der Waals surface area contributed by atoms with Gasteiger partial charge in [0.2, 0.25) is 0 Å². The predicted octanol–water partition coefficient (Wildman–Crippen LogP) is 3.63. The molecular formula is C15H18O. The Kier molecular flexibility index (Phi) is 3.23. The molecule has 1 aromatic carbocycles.